The highest BCUT2D eigenvalue weighted by Crippen LogP contribution is 2.25. The molecule has 0 saturated heterocycles. The second-order valence-electron chi connectivity index (χ2n) is 4.29. The van der Waals surface area contributed by atoms with Gasteiger partial charge in [-0.1, -0.05) is 0 Å². The van der Waals surface area contributed by atoms with E-state index in [4.69, 9.17) is 0 Å². The maximum atomic E-state index is 12.1. The van der Waals surface area contributed by atoms with Crippen LogP contribution in [-0.2, 0) is 4.79 Å². The van der Waals surface area contributed by atoms with Crippen molar-refractivity contribution >= 4 is 33.2 Å². The fourth-order valence-electron chi connectivity index (χ4n) is 1.89. The molecule has 0 radical (unpaired) electrons. The first kappa shape index (κ1) is 15.7. The molecule has 0 bridgehead atoms. The molecule has 1 rings (SSSR count). The summed E-state index contributed by atoms with van der Waals surface area (Å²) in [7, 11) is 0. The predicted molar refractivity (Wildman–Crippen MR) is 81.0 cm³/mol. The first-order valence-electron chi connectivity index (χ1n) is 6.28. The summed E-state index contributed by atoms with van der Waals surface area (Å²) in [5.41, 5.74) is 0. The number of likely N-dealkylation sites (N-methyl/N-ethyl adjacent to an activating group) is 1. The molecule has 102 valence electrons. The van der Waals surface area contributed by atoms with Crippen molar-refractivity contribution in [1.29, 1.82) is 0 Å². The molecule has 2 atom stereocenters. The van der Waals surface area contributed by atoms with E-state index in [0.29, 0.717) is 0 Å². The van der Waals surface area contributed by atoms with Gasteiger partial charge in [-0.15, -0.1) is 11.3 Å². The zero-order valence-electron chi connectivity index (χ0n) is 11.4. The van der Waals surface area contributed by atoms with E-state index in [-0.39, 0.29) is 18.0 Å². The van der Waals surface area contributed by atoms with Crippen molar-refractivity contribution in [1.82, 2.24) is 10.2 Å². The van der Waals surface area contributed by atoms with Gasteiger partial charge in [0.2, 0.25) is 5.91 Å². The normalized spacial score (nSPS) is 14.3. The van der Waals surface area contributed by atoms with Gasteiger partial charge >= 0.3 is 0 Å². The summed E-state index contributed by atoms with van der Waals surface area (Å²) in [5, 5.41) is 5.42. The van der Waals surface area contributed by atoms with E-state index in [1.54, 1.807) is 11.3 Å². The summed E-state index contributed by atoms with van der Waals surface area (Å²) in [6.07, 6.45) is 0. The fourth-order valence-corrected chi connectivity index (χ4v) is 3.36. The molecule has 1 aromatic rings. The lowest BCUT2D eigenvalue weighted by atomic mass is 10.2. The van der Waals surface area contributed by atoms with Gasteiger partial charge in [0.1, 0.15) is 0 Å². The Morgan fingerprint density at radius 2 is 2.06 bits per heavy atom. The molecule has 0 saturated carbocycles. The van der Waals surface area contributed by atoms with E-state index in [1.165, 1.54) is 4.88 Å². The summed E-state index contributed by atoms with van der Waals surface area (Å²) in [5.74, 6) is 0.169. The van der Waals surface area contributed by atoms with Crippen LogP contribution in [0.1, 0.15) is 38.6 Å². The number of halogens is 1. The Morgan fingerprint density at radius 3 is 2.50 bits per heavy atom. The number of carbonyl (C=O) groups excluding carboxylic acids is 1. The zero-order valence-corrected chi connectivity index (χ0v) is 13.8. The van der Waals surface area contributed by atoms with Crippen LogP contribution in [0.15, 0.2) is 15.9 Å². The van der Waals surface area contributed by atoms with Crippen molar-refractivity contribution in [2.24, 2.45) is 0 Å². The van der Waals surface area contributed by atoms with Crippen LogP contribution in [0.5, 0.6) is 0 Å². The molecule has 1 N–H and O–H groups in total. The van der Waals surface area contributed by atoms with Crippen molar-refractivity contribution in [2.45, 2.75) is 39.8 Å². The maximum absolute atomic E-state index is 12.1. The minimum Gasteiger partial charge on any atom is -0.342 e. The highest BCUT2D eigenvalue weighted by Gasteiger charge is 2.20. The topological polar surface area (TPSA) is 32.3 Å². The quantitative estimate of drug-likeness (QED) is 0.865. The molecule has 0 fully saturated rings. The first-order chi connectivity index (χ1) is 8.49. The zero-order chi connectivity index (χ0) is 13.7. The standard InChI is InChI=1S/C13H21BrN2OS/c1-5-16(6-2)13(17)10(4)15-9(3)12-7-11(14)8-18-12/h7-10,15H,5-6H2,1-4H3. The largest absolute Gasteiger partial charge is 0.342 e. The van der Waals surface area contributed by atoms with Crippen molar-refractivity contribution in [3.05, 3.63) is 20.8 Å². The van der Waals surface area contributed by atoms with Gasteiger partial charge in [0.15, 0.2) is 0 Å². The van der Waals surface area contributed by atoms with Crippen LogP contribution in [0.2, 0.25) is 0 Å². The van der Waals surface area contributed by atoms with E-state index in [9.17, 15) is 4.79 Å². The predicted octanol–water partition coefficient (Wildman–Crippen LogP) is 3.42. The van der Waals surface area contributed by atoms with Crippen LogP contribution >= 0.6 is 27.3 Å². The number of carbonyl (C=O) groups is 1. The number of hydrogen-bond acceptors (Lipinski definition) is 3. The molecule has 2 unspecified atom stereocenters. The number of thiophene rings is 1. The first-order valence-corrected chi connectivity index (χ1v) is 7.95. The molecule has 18 heavy (non-hydrogen) atoms. The monoisotopic (exact) mass is 332 g/mol. The number of nitrogens with one attached hydrogen (secondary N) is 1. The van der Waals surface area contributed by atoms with Crippen molar-refractivity contribution in [2.75, 3.05) is 13.1 Å². The van der Waals surface area contributed by atoms with Crippen LogP contribution in [0.3, 0.4) is 0 Å². The minimum atomic E-state index is -0.152. The molecular weight excluding hydrogens is 312 g/mol. The van der Waals surface area contributed by atoms with Gasteiger partial charge in [-0.3, -0.25) is 10.1 Å². The number of amides is 1. The lowest BCUT2D eigenvalue weighted by molar-refractivity contribution is -0.132. The van der Waals surface area contributed by atoms with Gasteiger partial charge in [0.05, 0.1) is 6.04 Å². The van der Waals surface area contributed by atoms with Gasteiger partial charge < -0.3 is 4.90 Å². The SMILES string of the molecule is CCN(CC)C(=O)C(C)NC(C)c1cc(Br)cs1. The molecule has 0 aliphatic rings. The van der Waals surface area contributed by atoms with E-state index in [1.807, 2.05) is 25.7 Å². The average molecular weight is 333 g/mol. The molecule has 0 spiro atoms. The van der Waals surface area contributed by atoms with E-state index >= 15 is 0 Å². The van der Waals surface area contributed by atoms with Gasteiger partial charge in [0, 0.05) is 33.9 Å². The Morgan fingerprint density at radius 1 is 1.44 bits per heavy atom. The highest BCUT2D eigenvalue weighted by atomic mass is 79.9. The Labute approximate surface area is 122 Å². The molecule has 1 aromatic heterocycles. The minimum absolute atomic E-state index is 0.152. The summed E-state index contributed by atoms with van der Waals surface area (Å²) < 4.78 is 1.10. The fraction of sp³-hybridized carbons (Fsp3) is 0.615. The molecular formula is C13H21BrN2OS. The van der Waals surface area contributed by atoms with Crippen molar-refractivity contribution in [3.8, 4) is 0 Å². The van der Waals surface area contributed by atoms with Crippen LogP contribution in [-0.4, -0.2) is 29.9 Å². The van der Waals surface area contributed by atoms with Gasteiger partial charge in [-0.05, 0) is 49.7 Å². The molecule has 5 heteroatoms. The molecule has 0 aliphatic heterocycles. The second-order valence-corrected chi connectivity index (χ2v) is 6.15. The lowest BCUT2D eigenvalue weighted by Crippen LogP contribution is -2.45. The van der Waals surface area contributed by atoms with Gasteiger partial charge in [-0.2, -0.15) is 0 Å². The Hall–Kier alpha value is -0.390. The van der Waals surface area contributed by atoms with E-state index in [2.05, 4.69) is 39.6 Å². The summed E-state index contributed by atoms with van der Waals surface area (Å²) in [4.78, 5) is 15.2. The number of hydrogen-bond donors (Lipinski definition) is 1. The molecule has 3 nitrogen and oxygen atoms in total. The van der Waals surface area contributed by atoms with Crippen LogP contribution < -0.4 is 5.32 Å². The third kappa shape index (κ3) is 4.07. The Bertz CT molecular complexity index is 390. The summed E-state index contributed by atoms with van der Waals surface area (Å²) >= 11 is 5.15. The van der Waals surface area contributed by atoms with E-state index in [0.717, 1.165) is 17.6 Å². The third-order valence-electron chi connectivity index (χ3n) is 2.96. The third-order valence-corrected chi connectivity index (χ3v) is 4.84. The van der Waals surface area contributed by atoms with Crippen LogP contribution in [0.4, 0.5) is 0 Å². The number of rotatable bonds is 6. The highest BCUT2D eigenvalue weighted by molar-refractivity contribution is 9.10. The molecule has 0 aromatic carbocycles. The second kappa shape index (κ2) is 7.26. The van der Waals surface area contributed by atoms with Crippen LogP contribution in [0, 0.1) is 0 Å². The number of nitrogens with zero attached hydrogens (tertiary/aromatic N) is 1. The smallest absolute Gasteiger partial charge is 0.239 e. The summed E-state index contributed by atoms with van der Waals surface area (Å²) in [6, 6.07) is 2.13. The van der Waals surface area contributed by atoms with Gasteiger partial charge in [-0.25, -0.2) is 0 Å². The Balaban J connectivity index is 2.58. The maximum Gasteiger partial charge on any atom is 0.239 e. The Kier molecular flexibility index (Phi) is 6.32. The van der Waals surface area contributed by atoms with E-state index < -0.39 is 0 Å². The van der Waals surface area contributed by atoms with Crippen molar-refractivity contribution < 1.29 is 4.79 Å². The molecule has 0 aliphatic carbocycles. The van der Waals surface area contributed by atoms with Gasteiger partial charge in [0.25, 0.3) is 0 Å². The lowest BCUT2D eigenvalue weighted by Gasteiger charge is -2.25. The average Bonchev–Trinajstić information content (AvgIpc) is 2.77. The molecule has 1 amide bonds. The molecule has 1 heterocycles. The van der Waals surface area contributed by atoms with Crippen LogP contribution in [0.25, 0.3) is 0 Å². The summed E-state index contributed by atoms with van der Waals surface area (Å²) in [6.45, 7) is 9.56. The van der Waals surface area contributed by atoms with Crippen molar-refractivity contribution in [3.63, 3.8) is 0 Å².